The third kappa shape index (κ3) is 4.55. The van der Waals surface area contributed by atoms with Gasteiger partial charge in [0.25, 0.3) is 0 Å². The zero-order valence-electron chi connectivity index (χ0n) is 13.1. The van der Waals surface area contributed by atoms with Gasteiger partial charge < -0.3 is 10.6 Å². The van der Waals surface area contributed by atoms with E-state index in [-0.39, 0.29) is 6.04 Å². The first-order valence-corrected chi connectivity index (χ1v) is 8.48. The summed E-state index contributed by atoms with van der Waals surface area (Å²) < 4.78 is 0. The topological polar surface area (TPSA) is 42.2 Å². The molecule has 0 aliphatic heterocycles. The maximum absolute atomic E-state index is 6.28. The minimum Gasteiger partial charge on any atom is -0.348 e. The highest BCUT2D eigenvalue weighted by atomic mass is 32.1. The van der Waals surface area contributed by atoms with Crippen LogP contribution in [0.25, 0.3) is 0 Å². The largest absolute Gasteiger partial charge is 0.348 e. The van der Waals surface area contributed by atoms with Gasteiger partial charge in [-0.1, -0.05) is 44.2 Å². The standard InChI is InChI=1S/C17H25N3S/c1-4-20(11-13(2)3)17-19-15(12-21-17)10-16(18)14-8-6-5-7-9-14/h5-9,12-13,16H,4,10-11,18H2,1-3H3. The molecule has 1 aromatic heterocycles. The number of aromatic nitrogens is 1. The van der Waals surface area contributed by atoms with Gasteiger partial charge in [-0.3, -0.25) is 0 Å². The first kappa shape index (κ1) is 16.0. The van der Waals surface area contributed by atoms with Gasteiger partial charge in [-0.2, -0.15) is 0 Å². The number of hydrogen-bond acceptors (Lipinski definition) is 4. The van der Waals surface area contributed by atoms with Gasteiger partial charge >= 0.3 is 0 Å². The summed E-state index contributed by atoms with van der Waals surface area (Å²) in [5, 5.41) is 3.25. The molecule has 0 spiro atoms. The van der Waals surface area contributed by atoms with Gasteiger partial charge in [-0.25, -0.2) is 4.98 Å². The van der Waals surface area contributed by atoms with Crippen LogP contribution in [0.3, 0.4) is 0 Å². The second-order valence-corrected chi connectivity index (χ2v) is 6.61. The normalized spacial score (nSPS) is 12.6. The van der Waals surface area contributed by atoms with Crippen molar-refractivity contribution in [2.24, 2.45) is 11.7 Å². The second kappa shape index (κ2) is 7.57. The highest BCUT2D eigenvalue weighted by Crippen LogP contribution is 2.24. The lowest BCUT2D eigenvalue weighted by Gasteiger charge is -2.21. The molecule has 4 heteroatoms. The van der Waals surface area contributed by atoms with Crippen LogP contribution in [0.2, 0.25) is 0 Å². The number of anilines is 1. The fraction of sp³-hybridized carbons (Fsp3) is 0.471. The van der Waals surface area contributed by atoms with E-state index in [1.165, 1.54) is 5.56 Å². The van der Waals surface area contributed by atoms with Crippen LogP contribution in [0.5, 0.6) is 0 Å². The van der Waals surface area contributed by atoms with Crippen LogP contribution < -0.4 is 10.6 Å². The van der Waals surface area contributed by atoms with Crippen molar-refractivity contribution in [3.8, 4) is 0 Å². The van der Waals surface area contributed by atoms with Crippen molar-refractivity contribution in [2.75, 3.05) is 18.0 Å². The lowest BCUT2D eigenvalue weighted by atomic mass is 10.0. The minimum atomic E-state index is 0.0151. The molecular formula is C17H25N3S. The summed E-state index contributed by atoms with van der Waals surface area (Å²) in [5.74, 6) is 0.642. The van der Waals surface area contributed by atoms with E-state index in [1.807, 2.05) is 18.2 Å². The van der Waals surface area contributed by atoms with Gasteiger partial charge in [0.15, 0.2) is 5.13 Å². The zero-order chi connectivity index (χ0) is 15.2. The fourth-order valence-corrected chi connectivity index (χ4v) is 3.27. The maximum Gasteiger partial charge on any atom is 0.185 e. The van der Waals surface area contributed by atoms with E-state index in [1.54, 1.807) is 11.3 Å². The van der Waals surface area contributed by atoms with E-state index in [4.69, 9.17) is 10.7 Å². The van der Waals surface area contributed by atoms with Crippen molar-refractivity contribution in [3.63, 3.8) is 0 Å². The van der Waals surface area contributed by atoms with Crippen LogP contribution in [0, 0.1) is 5.92 Å². The third-order valence-electron chi connectivity index (χ3n) is 3.43. The van der Waals surface area contributed by atoms with E-state index < -0.39 is 0 Å². The minimum absolute atomic E-state index is 0.0151. The third-order valence-corrected chi connectivity index (χ3v) is 4.38. The van der Waals surface area contributed by atoms with E-state index in [0.29, 0.717) is 5.92 Å². The van der Waals surface area contributed by atoms with E-state index >= 15 is 0 Å². The molecular weight excluding hydrogens is 278 g/mol. The Balaban J connectivity index is 2.02. The summed E-state index contributed by atoms with van der Waals surface area (Å²) in [6.45, 7) is 8.70. The quantitative estimate of drug-likeness (QED) is 0.844. The molecule has 2 N–H and O–H groups in total. The Morgan fingerprint density at radius 2 is 1.95 bits per heavy atom. The van der Waals surface area contributed by atoms with Crippen molar-refractivity contribution in [1.29, 1.82) is 0 Å². The summed E-state index contributed by atoms with van der Waals surface area (Å²) in [7, 11) is 0. The van der Waals surface area contributed by atoms with E-state index in [2.05, 4.69) is 43.2 Å². The second-order valence-electron chi connectivity index (χ2n) is 5.78. The highest BCUT2D eigenvalue weighted by molar-refractivity contribution is 7.13. The average Bonchev–Trinajstić information content (AvgIpc) is 2.93. The monoisotopic (exact) mass is 303 g/mol. The Morgan fingerprint density at radius 3 is 2.57 bits per heavy atom. The van der Waals surface area contributed by atoms with Crippen LogP contribution >= 0.6 is 11.3 Å². The van der Waals surface area contributed by atoms with Gasteiger partial charge in [-0.05, 0) is 18.4 Å². The molecule has 1 heterocycles. The fourth-order valence-electron chi connectivity index (χ4n) is 2.36. The number of benzene rings is 1. The Bertz CT molecular complexity index is 536. The van der Waals surface area contributed by atoms with Crippen LogP contribution in [-0.4, -0.2) is 18.1 Å². The predicted octanol–water partition coefficient (Wildman–Crippen LogP) is 3.87. The molecule has 1 unspecified atom stereocenters. The van der Waals surface area contributed by atoms with Gasteiger partial charge in [0.1, 0.15) is 0 Å². The van der Waals surface area contributed by atoms with E-state index in [9.17, 15) is 0 Å². The van der Waals surface area contributed by atoms with Crippen LogP contribution in [0.15, 0.2) is 35.7 Å². The van der Waals surface area contributed by atoms with E-state index in [0.717, 1.165) is 30.3 Å². The molecule has 0 bridgehead atoms. The molecule has 3 nitrogen and oxygen atoms in total. The average molecular weight is 303 g/mol. The van der Waals surface area contributed by atoms with Crippen molar-refractivity contribution in [1.82, 2.24) is 4.98 Å². The Labute approximate surface area is 131 Å². The number of rotatable bonds is 7. The highest BCUT2D eigenvalue weighted by Gasteiger charge is 2.13. The molecule has 0 radical (unpaired) electrons. The molecule has 2 rings (SSSR count). The molecule has 0 aliphatic carbocycles. The number of hydrogen-bond donors (Lipinski definition) is 1. The summed E-state index contributed by atoms with van der Waals surface area (Å²) in [6, 6.07) is 10.2. The zero-order valence-corrected chi connectivity index (χ0v) is 13.9. The molecule has 21 heavy (non-hydrogen) atoms. The number of nitrogens with zero attached hydrogens (tertiary/aromatic N) is 2. The van der Waals surface area contributed by atoms with Gasteiger partial charge in [0, 0.05) is 30.9 Å². The molecule has 0 saturated heterocycles. The van der Waals surface area contributed by atoms with Gasteiger partial charge in [-0.15, -0.1) is 11.3 Å². The Kier molecular flexibility index (Phi) is 5.76. The summed E-state index contributed by atoms with van der Waals surface area (Å²) in [6.07, 6.45) is 0.791. The molecule has 0 aliphatic rings. The van der Waals surface area contributed by atoms with Crippen LogP contribution in [-0.2, 0) is 6.42 Å². The molecule has 0 amide bonds. The number of thiazole rings is 1. The molecule has 2 aromatic rings. The maximum atomic E-state index is 6.28. The summed E-state index contributed by atoms with van der Waals surface area (Å²) >= 11 is 1.72. The molecule has 1 atom stereocenters. The predicted molar refractivity (Wildman–Crippen MR) is 91.9 cm³/mol. The Morgan fingerprint density at radius 1 is 1.24 bits per heavy atom. The summed E-state index contributed by atoms with van der Waals surface area (Å²) in [5.41, 5.74) is 8.54. The molecule has 1 aromatic carbocycles. The van der Waals surface area contributed by atoms with Gasteiger partial charge in [0.05, 0.1) is 5.69 Å². The van der Waals surface area contributed by atoms with Crippen LogP contribution in [0.1, 0.15) is 38.1 Å². The van der Waals surface area contributed by atoms with Crippen LogP contribution in [0.4, 0.5) is 5.13 Å². The molecule has 0 fully saturated rings. The smallest absolute Gasteiger partial charge is 0.185 e. The SMILES string of the molecule is CCN(CC(C)C)c1nc(CC(N)c2ccccc2)cs1. The van der Waals surface area contributed by atoms with Crippen molar-refractivity contribution in [2.45, 2.75) is 33.2 Å². The first-order chi connectivity index (χ1) is 10.1. The lowest BCUT2D eigenvalue weighted by molar-refractivity contribution is 0.616. The Hall–Kier alpha value is -1.39. The summed E-state index contributed by atoms with van der Waals surface area (Å²) in [4.78, 5) is 7.10. The van der Waals surface area contributed by atoms with Crippen molar-refractivity contribution >= 4 is 16.5 Å². The van der Waals surface area contributed by atoms with Crippen molar-refractivity contribution in [3.05, 3.63) is 47.0 Å². The lowest BCUT2D eigenvalue weighted by Crippen LogP contribution is -2.27. The number of nitrogens with two attached hydrogens (primary N) is 1. The first-order valence-electron chi connectivity index (χ1n) is 7.60. The van der Waals surface area contributed by atoms with Crippen molar-refractivity contribution < 1.29 is 0 Å². The van der Waals surface area contributed by atoms with Gasteiger partial charge in [0.2, 0.25) is 0 Å². The molecule has 0 saturated carbocycles. The molecule has 114 valence electrons.